The maximum Gasteiger partial charge on any atom is 0.263 e. The highest BCUT2D eigenvalue weighted by Crippen LogP contribution is 2.36. The highest BCUT2D eigenvalue weighted by molar-refractivity contribution is 5.77. The molecule has 3 aromatic rings. The summed E-state index contributed by atoms with van der Waals surface area (Å²) >= 11 is 0. The van der Waals surface area contributed by atoms with Gasteiger partial charge in [-0.25, -0.2) is 9.97 Å². The monoisotopic (exact) mass is 335 g/mol. The average molecular weight is 335 g/mol. The van der Waals surface area contributed by atoms with Crippen LogP contribution in [0, 0.1) is 0 Å². The van der Waals surface area contributed by atoms with Crippen molar-refractivity contribution in [2.75, 3.05) is 25.1 Å². The molecule has 4 rings (SSSR count). The molecule has 0 amide bonds. The number of ether oxygens (including phenoxy) is 2. The minimum Gasteiger partial charge on any atom is -0.493 e. The predicted octanol–water partition coefficient (Wildman–Crippen LogP) is 4.42. The normalized spacial score (nSPS) is 14.5. The van der Waals surface area contributed by atoms with E-state index in [0.29, 0.717) is 17.4 Å². The quantitative estimate of drug-likeness (QED) is 0.706. The summed E-state index contributed by atoms with van der Waals surface area (Å²) in [6.07, 6.45) is 3.60. The Morgan fingerprint density at radius 1 is 0.800 bits per heavy atom. The van der Waals surface area contributed by atoms with Crippen molar-refractivity contribution in [3.63, 3.8) is 0 Å². The van der Waals surface area contributed by atoms with Crippen molar-refractivity contribution in [2.24, 2.45) is 0 Å². The minimum absolute atomic E-state index is 0.532. The Labute approximate surface area is 147 Å². The summed E-state index contributed by atoms with van der Waals surface area (Å²) in [4.78, 5) is 11.9. The van der Waals surface area contributed by atoms with Gasteiger partial charge in [0.1, 0.15) is 0 Å². The van der Waals surface area contributed by atoms with Crippen LogP contribution in [0.15, 0.2) is 48.5 Å². The molecule has 0 unspecified atom stereocenters. The first-order valence-corrected chi connectivity index (χ1v) is 8.68. The van der Waals surface area contributed by atoms with Crippen molar-refractivity contribution in [2.45, 2.75) is 19.3 Å². The molecule has 128 valence electrons. The van der Waals surface area contributed by atoms with Crippen LogP contribution in [-0.4, -0.2) is 30.2 Å². The number of fused-ring (bicyclic) bond motifs is 1. The fourth-order valence-electron chi connectivity index (χ4n) is 3.16. The molecular formula is C20H21N3O2. The van der Waals surface area contributed by atoms with Crippen LogP contribution in [-0.2, 0) is 0 Å². The number of benzene rings is 2. The molecule has 5 heteroatoms. The van der Waals surface area contributed by atoms with E-state index in [1.165, 1.54) is 19.3 Å². The molecule has 0 spiro atoms. The van der Waals surface area contributed by atoms with E-state index in [9.17, 15) is 0 Å². The molecule has 0 aliphatic carbocycles. The van der Waals surface area contributed by atoms with E-state index >= 15 is 0 Å². The van der Waals surface area contributed by atoms with E-state index in [1.807, 2.05) is 48.5 Å². The van der Waals surface area contributed by atoms with Crippen molar-refractivity contribution < 1.29 is 9.47 Å². The van der Waals surface area contributed by atoms with Gasteiger partial charge in [0.05, 0.1) is 18.1 Å². The average Bonchev–Trinajstić information content (AvgIpc) is 2.68. The molecule has 25 heavy (non-hydrogen) atoms. The molecule has 0 saturated carbocycles. The predicted molar refractivity (Wildman–Crippen MR) is 98.7 cm³/mol. The Balaban J connectivity index is 1.79. The van der Waals surface area contributed by atoms with E-state index in [-0.39, 0.29) is 0 Å². The number of hydrogen-bond donors (Lipinski definition) is 0. The first-order chi connectivity index (χ1) is 12.3. The number of rotatable bonds is 4. The third kappa shape index (κ3) is 3.22. The second-order valence-corrected chi connectivity index (χ2v) is 6.14. The lowest BCUT2D eigenvalue weighted by Crippen LogP contribution is -2.30. The summed E-state index contributed by atoms with van der Waals surface area (Å²) in [6, 6.07) is 15.5. The summed E-state index contributed by atoms with van der Waals surface area (Å²) in [5, 5.41) is 0. The summed E-state index contributed by atoms with van der Waals surface area (Å²) in [5.74, 6) is 2.67. The van der Waals surface area contributed by atoms with Gasteiger partial charge in [-0.1, -0.05) is 24.3 Å². The summed E-state index contributed by atoms with van der Waals surface area (Å²) in [5.41, 5.74) is 1.71. The second-order valence-electron chi connectivity index (χ2n) is 6.14. The van der Waals surface area contributed by atoms with Crippen LogP contribution in [0.4, 0.5) is 5.82 Å². The highest BCUT2D eigenvalue weighted by atomic mass is 16.5. The van der Waals surface area contributed by atoms with E-state index in [0.717, 1.165) is 29.9 Å². The van der Waals surface area contributed by atoms with Gasteiger partial charge in [0, 0.05) is 13.1 Å². The lowest BCUT2D eigenvalue weighted by Gasteiger charge is -2.28. The molecule has 0 radical (unpaired) electrons. The van der Waals surface area contributed by atoms with E-state index in [4.69, 9.17) is 19.4 Å². The van der Waals surface area contributed by atoms with E-state index in [1.54, 1.807) is 7.11 Å². The van der Waals surface area contributed by atoms with Crippen LogP contribution in [0.3, 0.4) is 0 Å². The van der Waals surface area contributed by atoms with Crippen molar-refractivity contribution in [1.29, 1.82) is 0 Å². The van der Waals surface area contributed by atoms with Crippen molar-refractivity contribution in [3.05, 3.63) is 48.5 Å². The van der Waals surface area contributed by atoms with Gasteiger partial charge in [0.25, 0.3) is 5.88 Å². The van der Waals surface area contributed by atoms with Gasteiger partial charge in [0.2, 0.25) is 0 Å². The van der Waals surface area contributed by atoms with Crippen molar-refractivity contribution >= 4 is 16.9 Å². The van der Waals surface area contributed by atoms with Crippen molar-refractivity contribution in [1.82, 2.24) is 9.97 Å². The zero-order valence-corrected chi connectivity index (χ0v) is 14.3. The Hall–Kier alpha value is -2.82. The van der Waals surface area contributed by atoms with Gasteiger partial charge in [-0.15, -0.1) is 0 Å². The van der Waals surface area contributed by atoms with Gasteiger partial charge in [0.15, 0.2) is 17.3 Å². The molecule has 1 fully saturated rings. The maximum absolute atomic E-state index is 6.15. The number of anilines is 1. The van der Waals surface area contributed by atoms with Crippen LogP contribution in [0.5, 0.6) is 17.4 Å². The molecule has 2 heterocycles. The molecule has 0 bridgehead atoms. The third-order valence-corrected chi connectivity index (χ3v) is 4.45. The molecule has 0 N–H and O–H groups in total. The molecule has 2 aromatic carbocycles. The van der Waals surface area contributed by atoms with Crippen LogP contribution in [0.1, 0.15) is 19.3 Å². The van der Waals surface area contributed by atoms with Crippen LogP contribution < -0.4 is 14.4 Å². The third-order valence-electron chi connectivity index (χ3n) is 4.45. The summed E-state index contributed by atoms with van der Waals surface area (Å²) < 4.78 is 11.6. The molecule has 1 aliphatic heterocycles. The molecule has 1 saturated heterocycles. The molecule has 0 atom stereocenters. The first-order valence-electron chi connectivity index (χ1n) is 8.68. The maximum atomic E-state index is 6.15. The van der Waals surface area contributed by atoms with Gasteiger partial charge in [-0.05, 0) is 43.5 Å². The molecule has 5 nitrogen and oxygen atoms in total. The number of hydrogen-bond acceptors (Lipinski definition) is 5. The van der Waals surface area contributed by atoms with Gasteiger partial charge in [-0.3, -0.25) is 0 Å². The molecule has 1 aromatic heterocycles. The Bertz CT molecular complexity index is 876. The Kier molecular flexibility index (Phi) is 4.37. The lowest BCUT2D eigenvalue weighted by molar-refractivity contribution is 0.373. The summed E-state index contributed by atoms with van der Waals surface area (Å²) in [6.45, 7) is 1.96. The smallest absolute Gasteiger partial charge is 0.263 e. The Morgan fingerprint density at radius 2 is 1.44 bits per heavy atom. The van der Waals surface area contributed by atoms with Crippen LogP contribution in [0.2, 0.25) is 0 Å². The SMILES string of the molecule is COc1ccccc1Oc1nc2ccccc2nc1N1CCCCC1. The minimum atomic E-state index is 0.532. The number of methoxy groups -OCH3 is 1. The fraction of sp³-hybridized carbons (Fsp3) is 0.300. The van der Waals surface area contributed by atoms with Gasteiger partial charge >= 0.3 is 0 Å². The zero-order valence-electron chi connectivity index (χ0n) is 14.3. The topological polar surface area (TPSA) is 47.5 Å². The van der Waals surface area contributed by atoms with E-state index in [2.05, 4.69) is 4.90 Å². The summed E-state index contributed by atoms with van der Waals surface area (Å²) in [7, 11) is 1.64. The van der Waals surface area contributed by atoms with E-state index < -0.39 is 0 Å². The van der Waals surface area contributed by atoms with Crippen molar-refractivity contribution in [3.8, 4) is 17.4 Å². The zero-order chi connectivity index (χ0) is 17.1. The first kappa shape index (κ1) is 15.7. The standard InChI is InChI=1S/C20H21N3O2/c1-24-17-11-5-6-12-18(17)25-20-19(23-13-7-2-8-14-23)21-15-9-3-4-10-16(15)22-20/h3-6,9-12H,2,7-8,13-14H2,1H3. The van der Waals surface area contributed by atoms with Gasteiger partial charge in [-0.2, -0.15) is 0 Å². The van der Waals surface area contributed by atoms with Gasteiger partial charge < -0.3 is 14.4 Å². The number of nitrogens with zero attached hydrogens (tertiary/aromatic N) is 3. The largest absolute Gasteiger partial charge is 0.493 e. The number of aromatic nitrogens is 2. The van der Waals surface area contributed by atoms with Crippen LogP contribution in [0.25, 0.3) is 11.0 Å². The lowest BCUT2D eigenvalue weighted by atomic mass is 10.1. The second kappa shape index (κ2) is 6.97. The van der Waals surface area contributed by atoms with Crippen LogP contribution >= 0.6 is 0 Å². The molecular weight excluding hydrogens is 314 g/mol. The Morgan fingerprint density at radius 3 is 2.16 bits per heavy atom. The number of para-hydroxylation sites is 4. The fourth-order valence-corrected chi connectivity index (χ4v) is 3.16. The highest BCUT2D eigenvalue weighted by Gasteiger charge is 2.20. The molecule has 1 aliphatic rings. The number of piperidine rings is 1.